The van der Waals surface area contributed by atoms with Crippen LogP contribution in [0.3, 0.4) is 0 Å². The van der Waals surface area contributed by atoms with Crippen LogP contribution < -0.4 is 54.0 Å². The molecule has 13 heteroatoms. The van der Waals surface area contributed by atoms with Gasteiger partial charge in [-0.05, 0) is 12.1 Å². The number of rotatable bonds is 0. The Morgan fingerprint density at radius 3 is 1.11 bits per heavy atom. The molecule has 0 aliphatic carbocycles. The summed E-state index contributed by atoms with van der Waals surface area (Å²) < 4.78 is 17.1. The molecule has 0 spiro atoms. The number of para-hydroxylation sites is 1. The van der Waals surface area contributed by atoms with Crippen LogP contribution in [0.25, 0.3) is 0 Å². The monoisotopic (exact) mass is 341 g/mol. The van der Waals surface area contributed by atoms with Crippen molar-refractivity contribution >= 4 is 21.3 Å². The van der Waals surface area contributed by atoms with Gasteiger partial charge in [0.2, 0.25) is 0 Å². The molecule has 19 heavy (non-hydrogen) atoms. The van der Waals surface area contributed by atoms with Crippen molar-refractivity contribution in [2.45, 2.75) is 0 Å². The summed E-state index contributed by atoms with van der Waals surface area (Å²) in [5, 5.41) is 0. The van der Waals surface area contributed by atoms with Crippen LogP contribution in [0, 0.1) is 0 Å². The van der Waals surface area contributed by atoms with Crippen molar-refractivity contribution in [2.75, 3.05) is 5.73 Å². The number of anilines is 1. The predicted octanol–water partition coefficient (Wildman–Crippen LogP) is -7.38. The van der Waals surface area contributed by atoms with E-state index < -0.39 is 15.6 Å². The second-order valence-electron chi connectivity index (χ2n) is 2.31. The van der Waals surface area contributed by atoms with Crippen LogP contribution in [0.15, 0.2) is 30.3 Å². The number of hydrogen-bond donors (Lipinski definition) is 1. The minimum absolute atomic E-state index is 0. The molecule has 1 aromatic carbocycles. The molecule has 9 nitrogen and oxygen atoms in total. The summed E-state index contributed by atoms with van der Waals surface area (Å²) >= 11 is 0. The van der Waals surface area contributed by atoms with Gasteiger partial charge in [0, 0.05) is 5.69 Å². The topological polar surface area (TPSA) is 199 Å². The molecule has 0 radical (unpaired) electrons. The van der Waals surface area contributed by atoms with E-state index >= 15 is 0 Å². The SMILES string of the molecule is Nc1ccccc1.O=P([O-])([O-])[O-].O=P([O-])([O-])[O-].[Li+].[V+5]. The molecule has 0 heterocycles. The average Bonchev–Trinajstić information content (AvgIpc) is 1.98. The standard InChI is InChI=1S/C6H7N.Li.2H3O4P.V/c7-6-4-2-1-3-5-6;;2*1-5(2,3)4;/h1-5H,7H2;;2*(H3,1,2,3,4);/q;+1;;;+5/p-6. The first-order valence-corrected chi connectivity index (χ1v) is 6.58. The Kier molecular flexibility index (Phi) is 19.6. The largest absolute Gasteiger partial charge is 5.00 e. The van der Waals surface area contributed by atoms with Crippen LogP contribution >= 0.6 is 15.6 Å². The molecule has 0 fully saturated rings. The molecule has 2 N–H and O–H groups in total. The van der Waals surface area contributed by atoms with Gasteiger partial charge in [-0.25, -0.2) is 0 Å². The fourth-order valence-corrected chi connectivity index (χ4v) is 0.453. The molecule has 0 aliphatic heterocycles. The summed E-state index contributed by atoms with van der Waals surface area (Å²) in [6.07, 6.45) is 0. The van der Waals surface area contributed by atoms with Gasteiger partial charge in [0.1, 0.15) is 0 Å². The van der Waals surface area contributed by atoms with Gasteiger partial charge in [0.15, 0.2) is 0 Å². The maximum absolute atomic E-state index is 8.55. The number of hydrogen-bond acceptors (Lipinski definition) is 9. The number of nitrogen functional groups attached to an aromatic ring is 1. The van der Waals surface area contributed by atoms with E-state index in [1.54, 1.807) is 0 Å². The first kappa shape index (κ1) is 27.7. The number of phosphoric acid groups is 2. The molecule has 0 saturated carbocycles. The van der Waals surface area contributed by atoms with E-state index in [0.29, 0.717) is 0 Å². The summed E-state index contributed by atoms with van der Waals surface area (Å²) in [4.78, 5) is 51.3. The predicted molar refractivity (Wildman–Crippen MR) is 46.1 cm³/mol. The summed E-state index contributed by atoms with van der Waals surface area (Å²) in [5.41, 5.74) is 6.18. The molecule has 1 rings (SSSR count). The summed E-state index contributed by atoms with van der Waals surface area (Å²) in [7, 11) is -10.8. The van der Waals surface area contributed by atoms with Gasteiger partial charge < -0.3 is 44.2 Å². The molecule has 0 amide bonds. The zero-order valence-electron chi connectivity index (χ0n) is 9.57. The summed E-state index contributed by atoms with van der Waals surface area (Å²) in [6, 6.07) is 9.49. The molecular weight excluding hydrogens is 334 g/mol. The van der Waals surface area contributed by atoms with E-state index in [-0.39, 0.29) is 37.4 Å². The van der Waals surface area contributed by atoms with E-state index in [2.05, 4.69) is 0 Å². The molecular formula is C6H7LiNO8P2V. The molecule has 0 aromatic heterocycles. The van der Waals surface area contributed by atoms with Gasteiger partial charge in [-0.15, -0.1) is 0 Å². The average molecular weight is 341 g/mol. The third-order valence-corrected chi connectivity index (χ3v) is 0.800. The third-order valence-electron chi connectivity index (χ3n) is 0.800. The summed E-state index contributed by atoms with van der Waals surface area (Å²) in [5.74, 6) is 0. The van der Waals surface area contributed by atoms with E-state index in [1.165, 1.54) is 0 Å². The van der Waals surface area contributed by atoms with E-state index in [1.807, 2.05) is 30.3 Å². The Labute approximate surface area is 133 Å². The molecule has 100 valence electrons. The van der Waals surface area contributed by atoms with Gasteiger partial charge in [0.05, 0.1) is 0 Å². The first-order chi connectivity index (χ1) is 7.39. The van der Waals surface area contributed by atoms with Gasteiger partial charge in [-0.1, -0.05) is 18.2 Å². The Balaban J connectivity index is -0.0000000866. The fourth-order valence-electron chi connectivity index (χ4n) is 0.453. The van der Waals surface area contributed by atoms with Crippen molar-refractivity contribution in [3.8, 4) is 0 Å². The Morgan fingerprint density at radius 2 is 1.00 bits per heavy atom. The minimum Gasteiger partial charge on any atom is -0.822 e. The number of nitrogens with two attached hydrogens (primary N) is 1. The smallest absolute Gasteiger partial charge is 0.822 e. The van der Waals surface area contributed by atoms with Crippen LogP contribution in [-0.2, 0) is 27.7 Å². The normalized spacial score (nSPS) is 9.37. The van der Waals surface area contributed by atoms with Crippen molar-refractivity contribution in [1.82, 2.24) is 0 Å². The molecule has 0 saturated heterocycles. The molecule has 0 unspecified atom stereocenters. The maximum atomic E-state index is 8.55. The second-order valence-corrected chi connectivity index (χ2v) is 4.09. The van der Waals surface area contributed by atoms with Crippen molar-refractivity contribution in [1.29, 1.82) is 0 Å². The van der Waals surface area contributed by atoms with Crippen molar-refractivity contribution in [3.05, 3.63) is 30.3 Å². The molecule has 1 aromatic rings. The van der Waals surface area contributed by atoms with E-state index in [0.717, 1.165) is 5.69 Å². The van der Waals surface area contributed by atoms with Crippen molar-refractivity contribution < 1.29 is 75.9 Å². The van der Waals surface area contributed by atoms with Crippen molar-refractivity contribution in [2.24, 2.45) is 0 Å². The quantitative estimate of drug-likeness (QED) is 0.270. The van der Waals surface area contributed by atoms with Crippen LogP contribution in [0.5, 0.6) is 0 Å². The van der Waals surface area contributed by atoms with Crippen LogP contribution in [0.4, 0.5) is 5.69 Å². The van der Waals surface area contributed by atoms with Gasteiger partial charge >= 0.3 is 37.4 Å². The Morgan fingerprint density at radius 1 is 0.789 bits per heavy atom. The van der Waals surface area contributed by atoms with Crippen LogP contribution in [-0.4, -0.2) is 0 Å². The maximum Gasteiger partial charge on any atom is 5.00 e. The molecule has 0 bridgehead atoms. The Hall–Kier alpha value is 0.422. The zero-order chi connectivity index (χ0) is 14.1. The van der Waals surface area contributed by atoms with E-state index in [9.17, 15) is 0 Å². The number of benzene rings is 1. The van der Waals surface area contributed by atoms with E-state index in [4.69, 9.17) is 44.2 Å². The Bertz CT molecular complexity index is 359. The van der Waals surface area contributed by atoms with Crippen LogP contribution in [0.1, 0.15) is 0 Å². The van der Waals surface area contributed by atoms with Crippen molar-refractivity contribution in [3.63, 3.8) is 0 Å². The van der Waals surface area contributed by atoms with Gasteiger partial charge in [-0.2, -0.15) is 15.6 Å². The molecule has 0 aliphatic rings. The minimum atomic E-state index is -5.39. The van der Waals surface area contributed by atoms with Gasteiger partial charge in [-0.3, -0.25) is 0 Å². The summed E-state index contributed by atoms with van der Waals surface area (Å²) in [6.45, 7) is 0. The van der Waals surface area contributed by atoms with Crippen LogP contribution in [0.2, 0.25) is 0 Å². The fraction of sp³-hybridized carbons (Fsp3) is 0. The van der Waals surface area contributed by atoms with Gasteiger partial charge in [0.25, 0.3) is 0 Å². The molecule has 0 atom stereocenters. The first-order valence-electron chi connectivity index (χ1n) is 3.66. The third kappa shape index (κ3) is 70.0. The zero-order valence-corrected chi connectivity index (χ0v) is 12.8. The second kappa shape index (κ2) is 13.4.